The van der Waals surface area contributed by atoms with E-state index >= 15 is 0 Å². The fourth-order valence-corrected chi connectivity index (χ4v) is 5.02. The Morgan fingerprint density at radius 2 is 1.79 bits per heavy atom. The molecule has 1 atom stereocenters. The molecule has 0 spiro atoms. The average Bonchev–Trinajstić information content (AvgIpc) is 3.64. The van der Waals surface area contributed by atoms with E-state index in [1.807, 2.05) is 0 Å². The number of nitrogens with zero attached hydrogens (tertiary/aromatic N) is 7. The second-order valence-electron chi connectivity index (χ2n) is 11.5. The van der Waals surface area contributed by atoms with Gasteiger partial charge in [0.25, 0.3) is 6.43 Å². The van der Waals surface area contributed by atoms with E-state index in [0.29, 0.717) is 45.6 Å². The summed E-state index contributed by atoms with van der Waals surface area (Å²) in [6.45, 7) is 6.72. The lowest BCUT2D eigenvalue weighted by atomic mass is 9.96. The van der Waals surface area contributed by atoms with Crippen molar-refractivity contribution < 1.29 is 8.78 Å². The van der Waals surface area contributed by atoms with Gasteiger partial charge in [0.2, 0.25) is 0 Å². The number of anilines is 2. The molecule has 2 heterocycles. The van der Waals surface area contributed by atoms with Crippen LogP contribution in [-0.2, 0) is 5.54 Å². The molecule has 2 N–H and O–H groups in total. The number of halogens is 3. The number of hydrogen-bond donors (Lipinski definition) is 2. The van der Waals surface area contributed by atoms with Gasteiger partial charge >= 0.3 is 0 Å². The van der Waals surface area contributed by atoms with Crippen LogP contribution in [0.4, 0.5) is 20.2 Å². The van der Waals surface area contributed by atoms with E-state index in [0.717, 1.165) is 0 Å². The number of nitrogens with one attached hydrogen (secondary N) is 2. The van der Waals surface area contributed by atoms with Crippen molar-refractivity contribution in [2.45, 2.75) is 51.6 Å². The highest BCUT2D eigenvalue weighted by Crippen LogP contribution is 2.48. The molecule has 0 bridgehead atoms. The number of alkyl halides is 2. The summed E-state index contributed by atoms with van der Waals surface area (Å²) in [6.07, 6.45) is 0.857. The minimum absolute atomic E-state index is 0.104. The molecular weight excluding hydrogens is 560 g/mol. The smallest absolute Gasteiger partial charge is 0.263 e. The van der Waals surface area contributed by atoms with Crippen LogP contribution in [0.5, 0.6) is 0 Å². The summed E-state index contributed by atoms with van der Waals surface area (Å²) in [5.41, 5.74) is 1.49. The third-order valence-electron chi connectivity index (χ3n) is 7.21. The van der Waals surface area contributed by atoms with Crippen LogP contribution in [0, 0.1) is 39.4 Å². The number of pyridine rings is 1. The highest BCUT2D eigenvalue weighted by atomic mass is 35.5. The Morgan fingerprint density at radius 1 is 1.07 bits per heavy atom. The molecule has 4 aromatic rings. The van der Waals surface area contributed by atoms with Crippen LogP contribution in [-0.4, -0.2) is 32.9 Å². The quantitative estimate of drug-likeness (QED) is 0.238. The Morgan fingerprint density at radius 3 is 2.40 bits per heavy atom. The summed E-state index contributed by atoms with van der Waals surface area (Å²) in [5.74, 6) is 0. The Hall–Kier alpha value is -4.79. The maximum absolute atomic E-state index is 13.8. The largest absolute Gasteiger partial charge is 0.383 e. The van der Waals surface area contributed by atoms with E-state index < -0.39 is 18.0 Å². The van der Waals surface area contributed by atoms with Crippen molar-refractivity contribution in [2.24, 2.45) is 5.41 Å². The zero-order chi connectivity index (χ0) is 30.2. The molecular formula is C30H26ClF2N9. The molecule has 0 aliphatic heterocycles. The predicted octanol–water partition coefficient (Wildman–Crippen LogP) is 6.51. The summed E-state index contributed by atoms with van der Waals surface area (Å²) < 4.78 is 28.9. The molecule has 12 heteroatoms. The maximum atomic E-state index is 13.8. The fourth-order valence-electron chi connectivity index (χ4n) is 4.74. The van der Waals surface area contributed by atoms with Gasteiger partial charge in [0.1, 0.15) is 29.4 Å². The van der Waals surface area contributed by atoms with E-state index in [1.54, 1.807) is 30.3 Å². The molecule has 1 aliphatic rings. The van der Waals surface area contributed by atoms with Crippen molar-refractivity contribution in [1.82, 2.24) is 20.0 Å². The number of nitriles is 3. The third kappa shape index (κ3) is 5.30. The lowest BCUT2D eigenvalue weighted by Crippen LogP contribution is -2.26. The molecule has 0 radical (unpaired) electrons. The van der Waals surface area contributed by atoms with Crippen molar-refractivity contribution in [3.05, 3.63) is 75.7 Å². The topological polar surface area (TPSA) is 139 Å². The van der Waals surface area contributed by atoms with Gasteiger partial charge < -0.3 is 10.6 Å². The van der Waals surface area contributed by atoms with E-state index in [1.165, 1.54) is 17.1 Å². The minimum Gasteiger partial charge on any atom is -0.383 e. The highest BCUT2D eigenvalue weighted by molar-refractivity contribution is 6.32. The zero-order valence-corrected chi connectivity index (χ0v) is 23.8. The molecule has 1 fully saturated rings. The van der Waals surface area contributed by atoms with E-state index in [9.17, 15) is 24.6 Å². The SMILES string of the molecule is CC(C)(C)CNc1c(C#N)cnc2c(C#N)cc(N[C@H](c3cn(C4(C(F)F)CC4)nn3)c3cccc(C#N)c3Cl)cc12. The third-order valence-corrected chi connectivity index (χ3v) is 7.63. The van der Waals surface area contributed by atoms with Crippen molar-refractivity contribution in [3.8, 4) is 18.2 Å². The number of benzene rings is 2. The van der Waals surface area contributed by atoms with Gasteiger partial charge in [0, 0.05) is 29.4 Å². The molecule has 1 saturated carbocycles. The number of rotatable bonds is 8. The first-order valence-corrected chi connectivity index (χ1v) is 13.6. The molecule has 5 rings (SSSR count). The standard InChI is InChI=1S/C30H26ClF2N9/c1-29(2,3)16-38-26-19(13-36)14-37-25-18(12-35)9-20(10-22(25)26)39-27(21-6-4-5-17(11-34)24(21)31)23-15-42(41-40-23)30(7-8-30)28(32)33/h4-6,9-10,14-15,27-28,39H,7-8,16H2,1-3H3,(H,37,38)/t27-/m0/s1. The molecule has 0 saturated heterocycles. The molecule has 42 heavy (non-hydrogen) atoms. The first kappa shape index (κ1) is 28.7. The zero-order valence-electron chi connectivity index (χ0n) is 23.1. The molecule has 0 unspecified atom stereocenters. The summed E-state index contributed by atoms with van der Waals surface area (Å²) in [6, 6.07) is 13.9. The van der Waals surface area contributed by atoms with Crippen LogP contribution in [0.1, 0.15) is 67.6 Å². The summed E-state index contributed by atoms with van der Waals surface area (Å²) in [7, 11) is 0. The predicted molar refractivity (Wildman–Crippen MR) is 154 cm³/mol. The van der Waals surface area contributed by atoms with Gasteiger partial charge in [-0.25, -0.2) is 13.5 Å². The Bertz CT molecular complexity index is 1800. The van der Waals surface area contributed by atoms with Crippen LogP contribution in [0.25, 0.3) is 10.9 Å². The van der Waals surface area contributed by atoms with Crippen LogP contribution in [0.3, 0.4) is 0 Å². The van der Waals surface area contributed by atoms with Gasteiger partial charge in [-0.05, 0) is 36.5 Å². The number of aromatic nitrogens is 4. The number of hydrogen-bond acceptors (Lipinski definition) is 8. The van der Waals surface area contributed by atoms with E-state index in [2.05, 4.69) is 64.9 Å². The van der Waals surface area contributed by atoms with Crippen LogP contribution in [0.2, 0.25) is 5.02 Å². The average molecular weight is 586 g/mol. The molecule has 2 aromatic heterocycles. The van der Waals surface area contributed by atoms with Crippen molar-refractivity contribution in [2.75, 3.05) is 17.2 Å². The highest BCUT2D eigenvalue weighted by Gasteiger charge is 2.54. The first-order valence-electron chi connectivity index (χ1n) is 13.2. The molecule has 212 valence electrons. The Balaban J connectivity index is 1.66. The second kappa shape index (κ2) is 10.9. The molecule has 9 nitrogen and oxygen atoms in total. The molecule has 0 amide bonds. The van der Waals surface area contributed by atoms with Crippen molar-refractivity contribution in [3.63, 3.8) is 0 Å². The summed E-state index contributed by atoms with van der Waals surface area (Å²) in [4.78, 5) is 4.39. The Labute approximate surface area is 246 Å². The van der Waals surface area contributed by atoms with Crippen molar-refractivity contribution >= 4 is 33.9 Å². The first-order chi connectivity index (χ1) is 20.0. The second-order valence-corrected chi connectivity index (χ2v) is 11.9. The lowest BCUT2D eigenvalue weighted by Gasteiger charge is -2.23. The minimum atomic E-state index is -2.61. The van der Waals surface area contributed by atoms with E-state index in [-0.39, 0.29) is 34.4 Å². The molecule has 2 aromatic carbocycles. The summed E-state index contributed by atoms with van der Waals surface area (Å²) >= 11 is 6.64. The van der Waals surface area contributed by atoms with Gasteiger partial charge in [-0.1, -0.05) is 49.7 Å². The maximum Gasteiger partial charge on any atom is 0.263 e. The normalized spacial score (nSPS) is 14.6. The van der Waals surface area contributed by atoms with E-state index in [4.69, 9.17) is 11.6 Å². The van der Waals surface area contributed by atoms with Crippen LogP contribution in [0.15, 0.2) is 42.7 Å². The van der Waals surface area contributed by atoms with Crippen LogP contribution >= 0.6 is 11.6 Å². The van der Waals surface area contributed by atoms with Gasteiger partial charge in [-0.2, -0.15) is 15.8 Å². The van der Waals surface area contributed by atoms with Gasteiger partial charge in [0.15, 0.2) is 0 Å². The Kier molecular flexibility index (Phi) is 7.45. The van der Waals surface area contributed by atoms with Gasteiger partial charge in [0.05, 0.1) is 45.2 Å². The fraction of sp³-hybridized carbons (Fsp3) is 0.333. The lowest BCUT2D eigenvalue weighted by molar-refractivity contribution is 0.0593. The summed E-state index contributed by atoms with van der Waals surface area (Å²) in [5, 5.41) is 45.1. The molecule has 1 aliphatic carbocycles. The number of fused-ring (bicyclic) bond motifs is 1. The van der Waals surface area contributed by atoms with Crippen molar-refractivity contribution in [1.29, 1.82) is 15.8 Å². The van der Waals surface area contributed by atoms with Crippen LogP contribution < -0.4 is 10.6 Å². The van der Waals surface area contributed by atoms with Gasteiger partial charge in [-0.3, -0.25) is 4.98 Å². The van der Waals surface area contributed by atoms with Gasteiger partial charge in [-0.15, -0.1) is 5.10 Å². The monoisotopic (exact) mass is 585 g/mol.